The first-order valence-electron chi connectivity index (χ1n) is 12.8. The van der Waals surface area contributed by atoms with Gasteiger partial charge >= 0.3 is 0 Å². The summed E-state index contributed by atoms with van der Waals surface area (Å²) in [6.07, 6.45) is 1.43. The third kappa shape index (κ3) is 2.28. The van der Waals surface area contributed by atoms with Gasteiger partial charge in [-0.1, -0.05) is 137 Å². The highest BCUT2D eigenvalue weighted by molar-refractivity contribution is 14.2. The van der Waals surface area contributed by atoms with E-state index in [1.807, 2.05) is 0 Å². The highest BCUT2D eigenvalue weighted by Crippen LogP contribution is 3.50. The van der Waals surface area contributed by atoms with Crippen molar-refractivity contribution in [1.82, 2.24) is 0 Å². The molecule has 0 aromatic heterocycles. The zero-order chi connectivity index (χ0) is 25.3. The van der Waals surface area contributed by atoms with Crippen LogP contribution in [-0.4, -0.2) is 18.6 Å². The van der Waals surface area contributed by atoms with Crippen LogP contribution in [-0.2, 0) is 6.16 Å². The number of benzene rings is 1. The van der Waals surface area contributed by atoms with Crippen molar-refractivity contribution in [2.45, 2.75) is 108 Å². The maximum atomic E-state index is 3.18. The Morgan fingerprint density at radius 3 is 1.44 bits per heavy atom. The van der Waals surface area contributed by atoms with E-state index in [2.05, 4.69) is 135 Å². The molecule has 0 spiro atoms. The van der Waals surface area contributed by atoms with E-state index >= 15 is 0 Å². The van der Waals surface area contributed by atoms with E-state index in [0.29, 0.717) is 26.3 Å². The van der Waals surface area contributed by atoms with Crippen molar-refractivity contribution in [3.05, 3.63) is 35.9 Å². The summed E-state index contributed by atoms with van der Waals surface area (Å²) in [4.78, 5) is 0. The van der Waals surface area contributed by atoms with Crippen LogP contribution in [0.2, 0.25) is 0 Å². The minimum atomic E-state index is 0.0287. The molecule has 6 rings (SSSR count). The SMILES string of the molecule is CC(C)(C)C12P(I)P3C4(C(C)(C)C)P(Cc5ccccc5)P1C1(C(C)(C)C)P2C3(C(C)(C)C)P41. The molecule has 10 unspecified atom stereocenters. The van der Waals surface area contributed by atoms with Crippen LogP contribution < -0.4 is 0 Å². The van der Waals surface area contributed by atoms with E-state index in [1.165, 1.54) is 6.16 Å². The van der Waals surface area contributed by atoms with Gasteiger partial charge in [0.2, 0.25) is 0 Å². The average molecular weight is 680 g/mol. The fourth-order valence-corrected chi connectivity index (χ4v) is 103. The van der Waals surface area contributed by atoms with Crippen LogP contribution in [0.3, 0.4) is 0 Å². The van der Waals surface area contributed by atoms with E-state index in [0.717, 1.165) is 13.9 Å². The summed E-state index contributed by atoms with van der Waals surface area (Å²) in [7, 11) is 0.352. The molecule has 1 aromatic rings. The second kappa shape index (κ2) is 7.05. The Kier molecular flexibility index (Phi) is 5.54. The van der Waals surface area contributed by atoms with Crippen LogP contribution >= 0.6 is 66.0 Å². The lowest BCUT2D eigenvalue weighted by atomic mass is 9.97. The van der Waals surface area contributed by atoms with E-state index in [9.17, 15) is 0 Å². The minimum Gasteiger partial charge on any atom is -0.0622 e. The van der Waals surface area contributed by atoms with Crippen LogP contribution in [0.5, 0.6) is 0 Å². The molecule has 5 aliphatic rings. The molecule has 0 N–H and O–H groups in total. The predicted molar refractivity (Wildman–Crippen MR) is 174 cm³/mol. The van der Waals surface area contributed by atoms with Gasteiger partial charge in [0.25, 0.3) is 0 Å². The molecule has 0 saturated carbocycles. The van der Waals surface area contributed by atoms with Crippen molar-refractivity contribution in [2.24, 2.45) is 21.7 Å². The fraction of sp³-hybridized carbons (Fsp3) is 0.778. The number of halogens is 1. The highest BCUT2D eigenvalue weighted by atomic mass is 127. The maximum Gasteiger partial charge on any atom is 0.0555 e. The first-order chi connectivity index (χ1) is 15.3. The van der Waals surface area contributed by atoms with Gasteiger partial charge in [0.15, 0.2) is 0 Å². The standard InChI is InChI=1S/C27H43IP6/c1-20(2,3)24-29(18-19-16-14-13-15-17-19)32-25(21(4,5)6)30(24)26(22(7,8)9)31(25)27(32,23(10,11)12)34(28)33(24)26/h13-17H,18H2,1-12H3. The monoisotopic (exact) mass is 680 g/mol. The van der Waals surface area contributed by atoms with Gasteiger partial charge in [0.05, 0.1) is 4.64 Å². The Hall–Kier alpha value is 2.53. The van der Waals surface area contributed by atoms with Crippen LogP contribution in [0.25, 0.3) is 0 Å². The van der Waals surface area contributed by atoms with Crippen molar-refractivity contribution in [2.75, 3.05) is 0 Å². The Balaban J connectivity index is 1.69. The van der Waals surface area contributed by atoms with Crippen LogP contribution in [0.4, 0.5) is 0 Å². The molecule has 0 amide bonds. The highest BCUT2D eigenvalue weighted by Gasteiger charge is 3.12. The Bertz CT molecular complexity index is 1060. The van der Waals surface area contributed by atoms with Crippen LogP contribution in [0, 0.1) is 21.7 Å². The molecular weight excluding hydrogens is 637 g/mol. The van der Waals surface area contributed by atoms with Crippen molar-refractivity contribution < 1.29 is 0 Å². The zero-order valence-corrected chi connectivity index (χ0v) is 30.7. The molecule has 0 radical (unpaired) electrons. The average Bonchev–Trinajstić information content (AvgIpc) is 2.82. The summed E-state index contributed by atoms with van der Waals surface area (Å²) < 4.78 is 2.96. The molecule has 5 aliphatic heterocycles. The summed E-state index contributed by atoms with van der Waals surface area (Å²) in [6.45, 7) is 32.4. The molecule has 5 fully saturated rings. The first kappa shape index (κ1) is 26.7. The quantitative estimate of drug-likeness (QED) is 0.216. The third-order valence-corrected chi connectivity index (χ3v) is 63.2. The van der Waals surface area contributed by atoms with Crippen LogP contribution in [0.15, 0.2) is 30.3 Å². The second-order valence-electron chi connectivity index (χ2n) is 15.1. The molecule has 10 atom stereocenters. The summed E-state index contributed by atoms with van der Waals surface area (Å²) in [5, 5.41) is 0.0853. The van der Waals surface area contributed by atoms with Gasteiger partial charge in [-0.15, -0.1) is 0 Å². The van der Waals surface area contributed by atoms with Gasteiger partial charge in [-0.3, -0.25) is 0 Å². The van der Waals surface area contributed by atoms with Gasteiger partial charge in [0, 0.05) is 19.2 Å². The van der Waals surface area contributed by atoms with Gasteiger partial charge in [0.1, 0.15) is 0 Å². The van der Waals surface area contributed by atoms with Crippen molar-refractivity contribution in [3.8, 4) is 0 Å². The van der Waals surface area contributed by atoms with Gasteiger partial charge in [-0.25, -0.2) is 0 Å². The molecular formula is C27H43IP6. The number of hydrogen-bond acceptors (Lipinski definition) is 0. The number of rotatable bonds is 2. The molecule has 0 aliphatic carbocycles. The van der Waals surface area contributed by atoms with Gasteiger partial charge < -0.3 is 0 Å². The lowest BCUT2D eigenvalue weighted by molar-refractivity contribution is 0.323. The fourth-order valence-electron chi connectivity index (χ4n) is 8.50. The summed E-state index contributed by atoms with van der Waals surface area (Å²) in [6, 6.07) is 11.8. The topological polar surface area (TPSA) is 0 Å². The van der Waals surface area contributed by atoms with Crippen molar-refractivity contribution in [1.29, 1.82) is 0 Å². The third-order valence-electron chi connectivity index (χ3n) is 9.29. The lowest BCUT2D eigenvalue weighted by Gasteiger charge is -2.90. The van der Waals surface area contributed by atoms with E-state index in [-0.39, 0.29) is 43.9 Å². The number of fused-ring (bicyclic) bond motifs is 2. The van der Waals surface area contributed by atoms with E-state index in [4.69, 9.17) is 0 Å². The Labute approximate surface area is 229 Å². The Morgan fingerprint density at radius 1 is 0.588 bits per heavy atom. The molecule has 188 valence electrons. The van der Waals surface area contributed by atoms with Crippen molar-refractivity contribution in [3.63, 3.8) is 0 Å². The minimum absolute atomic E-state index is 0.0287. The molecule has 5 saturated heterocycles. The van der Waals surface area contributed by atoms with Gasteiger partial charge in [-0.2, -0.15) is 0 Å². The summed E-state index contributed by atoms with van der Waals surface area (Å²) >= 11 is 3.18. The Morgan fingerprint density at radius 2 is 1.00 bits per heavy atom. The largest absolute Gasteiger partial charge is 0.0622 e. The molecule has 34 heavy (non-hydrogen) atoms. The molecule has 5 heterocycles. The molecule has 7 heteroatoms. The zero-order valence-electron chi connectivity index (χ0n) is 23.2. The van der Waals surface area contributed by atoms with Crippen LogP contribution in [0.1, 0.15) is 88.6 Å². The lowest BCUT2D eigenvalue weighted by Crippen LogP contribution is -2.72. The summed E-state index contributed by atoms with van der Waals surface area (Å²) in [5.41, 5.74) is 3.53. The predicted octanol–water partition coefficient (Wildman–Crippen LogP) is 13.1. The van der Waals surface area contributed by atoms with Gasteiger partial charge in [-0.05, 0) is 70.6 Å². The maximum absolute atomic E-state index is 3.18. The van der Waals surface area contributed by atoms with E-state index in [1.54, 1.807) is 5.56 Å². The molecule has 1 aromatic carbocycles. The van der Waals surface area contributed by atoms with Crippen molar-refractivity contribution >= 4 is 66.0 Å². The second-order valence-corrected chi connectivity index (χ2v) is 41.9. The number of hydrogen-bond donors (Lipinski definition) is 0. The normalized spacial score (nSPS) is 50.5. The van der Waals surface area contributed by atoms with E-state index < -0.39 is 0 Å². The molecule has 0 bridgehead atoms. The smallest absolute Gasteiger partial charge is 0.0555 e. The molecule has 0 nitrogen and oxygen atoms in total. The summed E-state index contributed by atoms with van der Waals surface area (Å²) in [5.74, 6) is 0. The first-order valence-corrected chi connectivity index (χ1v) is 25.3.